The molecule has 0 atom stereocenters. The van der Waals surface area contributed by atoms with E-state index >= 15 is 0 Å². The van der Waals surface area contributed by atoms with Crippen molar-refractivity contribution in [1.82, 2.24) is 20.1 Å². The first-order chi connectivity index (χ1) is 14.6. The second kappa shape index (κ2) is 9.19. The lowest BCUT2D eigenvalue weighted by Crippen LogP contribution is -2.35. The number of amides is 1. The number of nitrogens with zero attached hydrogens (tertiary/aromatic N) is 3. The molecular formula is C23H27N5O2. The average molecular weight is 406 g/mol. The van der Waals surface area contributed by atoms with Gasteiger partial charge in [0.15, 0.2) is 5.82 Å². The minimum atomic E-state index is -0.147. The van der Waals surface area contributed by atoms with Crippen molar-refractivity contribution in [3.8, 4) is 11.4 Å². The van der Waals surface area contributed by atoms with Gasteiger partial charge in [-0.15, -0.1) is 0 Å². The molecule has 2 aromatic carbocycles. The molecule has 0 unspecified atom stereocenters. The molecule has 7 nitrogen and oxygen atoms in total. The molecule has 3 aromatic rings. The minimum Gasteiger partial charge on any atom is -0.379 e. The van der Waals surface area contributed by atoms with Crippen molar-refractivity contribution in [3.63, 3.8) is 0 Å². The summed E-state index contributed by atoms with van der Waals surface area (Å²) >= 11 is 0. The van der Waals surface area contributed by atoms with Gasteiger partial charge in [-0.05, 0) is 29.8 Å². The van der Waals surface area contributed by atoms with Crippen LogP contribution in [0, 0.1) is 0 Å². The maximum absolute atomic E-state index is 13.0. The van der Waals surface area contributed by atoms with Crippen molar-refractivity contribution in [3.05, 3.63) is 65.5 Å². The molecule has 1 aromatic heterocycles. The maximum atomic E-state index is 13.0. The highest BCUT2D eigenvalue weighted by molar-refractivity contribution is 6.06. The van der Waals surface area contributed by atoms with Crippen LogP contribution < -0.4 is 5.32 Å². The second-order valence-electron chi connectivity index (χ2n) is 7.79. The van der Waals surface area contributed by atoms with Crippen LogP contribution in [0.3, 0.4) is 0 Å². The number of benzene rings is 2. The van der Waals surface area contributed by atoms with E-state index in [9.17, 15) is 4.79 Å². The molecule has 1 amide bonds. The SMILES string of the molecule is CC(C)c1nc(-c2ccccc2NC(=O)c2cccc(CN3CCOCC3)c2)n[nH]1. The third-order valence-electron chi connectivity index (χ3n) is 5.16. The van der Waals surface area contributed by atoms with Crippen LogP contribution in [0.15, 0.2) is 48.5 Å². The van der Waals surface area contributed by atoms with Crippen LogP contribution in [0.1, 0.15) is 41.5 Å². The summed E-state index contributed by atoms with van der Waals surface area (Å²) in [4.78, 5) is 19.9. The number of carbonyl (C=O) groups excluding carboxylic acids is 1. The Morgan fingerprint density at radius 3 is 2.73 bits per heavy atom. The Morgan fingerprint density at radius 2 is 1.97 bits per heavy atom. The number of H-pyrrole nitrogens is 1. The van der Waals surface area contributed by atoms with Crippen LogP contribution in [0.4, 0.5) is 5.69 Å². The molecular weight excluding hydrogens is 378 g/mol. The molecule has 1 aliphatic heterocycles. The topological polar surface area (TPSA) is 83.1 Å². The van der Waals surface area contributed by atoms with Crippen LogP contribution in [0.25, 0.3) is 11.4 Å². The minimum absolute atomic E-state index is 0.147. The molecule has 0 radical (unpaired) electrons. The Labute approximate surface area is 176 Å². The Kier molecular flexibility index (Phi) is 6.21. The van der Waals surface area contributed by atoms with Gasteiger partial charge >= 0.3 is 0 Å². The fourth-order valence-corrected chi connectivity index (χ4v) is 3.46. The zero-order valence-electron chi connectivity index (χ0n) is 17.4. The van der Waals surface area contributed by atoms with Gasteiger partial charge in [-0.1, -0.05) is 38.1 Å². The number of hydrogen-bond acceptors (Lipinski definition) is 5. The van der Waals surface area contributed by atoms with Crippen molar-refractivity contribution < 1.29 is 9.53 Å². The van der Waals surface area contributed by atoms with Gasteiger partial charge in [-0.2, -0.15) is 5.10 Å². The third kappa shape index (κ3) is 4.75. The number of carbonyl (C=O) groups is 1. The molecule has 4 rings (SSSR count). The molecule has 0 bridgehead atoms. The first-order valence-corrected chi connectivity index (χ1v) is 10.3. The monoisotopic (exact) mass is 405 g/mol. The van der Waals surface area contributed by atoms with E-state index in [1.54, 1.807) is 0 Å². The number of aromatic nitrogens is 3. The molecule has 2 N–H and O–H groups in total. The molecule has 0 aliphatic carbocycles. The van der Waals surface area contributed by atoms with Crippen LogP contribution >= 0.6 is 0 Å². The first kappa shape index (κ1) is 20.3. The number of nitrogens with one attached hydrogen (secondary N) is 2. The fourth-order valence-electron chi connectivity index (χ4n) is 3.46. The van der Waals surface area contributed by atoms with E-state index in [1.807, 2.05) is 42.5 Å². The first-order valence-electron chi connectivity index (χ1n) is 10.3. The number of para-hydroxylation sites is 1. The lowest BCUT2D eigenvalue weighted by molar-refractivity contribution is 0.0342. The largest absolute Gasteiger partial charge is 0.379 e. The van der Waals surface area contributed by atoms with E-state index in [0.717, 1.165) is 49.8 Å². The summed E-state index contributed by atoms with van der Waals surface area (Å²) in [6, 6.07) is 15.4. The summed E-state index contributed by atoms with van der Waals surface area (Å²) in [6.45, 7) is 8.28. The van der Waals surface area contributed by atoms with Crippen LogP contribution in [-0.4, -0.2) is 52.3 Å². The summed E-state index contributed by atoms with van der Waals surface area (Å²) in [7, 11) is 0. The van der Waals surface area contributed by atoms with Crippen LogP contribution in [-0.2, 0) is 11.3 Å². The summed E-state index contributed by atoms with van der Waals surface area (Å²) in [6.07, 6.45) is 0. The number of anilines is 1. The van der Waals surface area contributed by atoms with E-state index < -0.39 is 0 Å². The van der Waals surface area contributed by atoms with Crippen molar-refractivity contribution in [2.24, 2.45) is 0 Å². The number of aromatic amines is 1. The number of rotatable bonds is 6. The number of morpholine rings is 1. The molecule has 2 heterocycles. The Balaban J connectivity index is 1.51. The number of hydrogen-bond donors (Lipinski definition) is 2. The molecule has 1 fully saturated rings. The predicted octanol–water partition coefficient (Wildman–Crippen LogP) is 3.68. The van der Waals surface area contributed by atoms with Crippen molar-refractivity contribution in [2.75, 3.05) is 31.6 Å². The van der Waals surface area contributed by atoms with Gasteiger partial charge in [0, 0.05) is 36.7 Å². The highest BCUT2D eigenvalue weighted by Crippen LogP contribution is 2.26. The van der Waals surface area contributed by atoms with Gasteiger partial charge in [-0.25, -0.2) is 4.98 Å². The standard InChI is InChI=1S/C23H27N5O2/c1-16(2)21-25-22(27-26-21)19-8-3-4-9-20(19)24-23(29)18-7-5-6-17(14-18)15-28-10-12-30-13-11-28/h3-9,14,16H,10-13,15H2,1-2H3,(H,24,29)(H,25,26,27). The summed E-state index contributed by atoms with van der Waals surface area (Å²) in [5.74, 6) is 1.51. The van der Waals surface area contributed by atoms with Crippen molar-refractivity contribution in [2.45, 2.75) is 26.3 Å². The van der Waals surface area contributed by atoms with E-state index in [4.69, 9.17) is 4.74 Å². The van der Waals surface area contributed by atoms with E-state index in [1.165, 1.54) is 0 Å². The van der Waals surface area contributed by atoms with Crippen LogP contribution in [0.5, 0.6) is 0 Å². The van der Waals surface area contributed by atoms with E-state index in [0.29, 0.717) is 17.1 Å². The Hall–Kier alpha value is -3.03. The molecule has 1 aliphatic rings. The highest BCUT2D eigenvalue weighted by atomic mass is 16.5. The normalized spacial score (nSPS) is 14.8. The lowest BCUT2D eigenvalue weighted by Gasteiger charge is -2.26. The Morgan fingerprint density at radius 1 is 1.17 bits per heavy atom. The number of ether oxygens (including phenoxy) is 1. The second-order valence-corrected chi connectivity index (χ2v) is 7.79. The fraction of sp³-hybridized carbons (Fsp3) is 0.348. The summed E-state index contributed by atoms with van der Waals surface area (Å²) in [5, 5.41) is 10.3. The molecule has 0 spiro atoms. The van der Waals surface area contributed by atoms with Crippen molar-refractivity contribution >= 4 is 11.6 Å². The smallest absolute Gasteiger partial charge is 0.255 e. The quantitative estimate of drug-likeness (QED) is 0.654. The van der Waals surface area contributed by atoms with Gasteiger partial charge in [0.2, 0.25) is 0 Å². The maximum Gasteiger partial charge on any atom is 0.255 e. The zero-order chi connectivity index (χ0) is 20.9. The molecule has 7 heteroatoms. The summed E-state index contributed by atoms with van der Waals surface area (Å²) in [5.41, 5.74) is 3.23. The average Bonchev–Trinajstić information content (AvgIpc) is 3.25. The van der Waals surface area contributed by atoms with Crippen molar-refractivity contribution in [1.29, 1.82) is 0 Å². The van der Waals surface area contributed by atoms with Gasteiger partial charge in [0.05, 0.1) is 18.9 Å². The molecule has 156 valence electrons. The lowest BCUT2D eigenvalue weighted by atomic mass is 10.1. The van der Waals surface area contributed by atoms with E-state index in [2.05, 4.69) is 45.3 Å². The molecule has 30 heavy (non-hydrogen) atoms. The van der Waals surface area contributed by atoms with Gasteiger partial charge in [0.25, 0.3) is 5.91 Å². The predicted molar refractivity (Wildman–Crippen MR) is 116 cm³/mol. The zero-order valence-corrected chi connectivity index (χ0v) is 17.4. The Bertz CT molecular complexity index is 1010. The highest BCUT2D eigenvalue weighted by Gasteiger charge is 2.16. The van der Waals surface area contributed by atoms with Gasteiger partial charge < -0.3 is 10.1 Å². The van der Waals surface area contributed by atoms with Gasteiger partial charge in [0.1, 0.15) is 5.82 Å². The van der Waals surface area contributed by atoms with Crippen LogP contribution in [0.2, 0.25) is 0 Å². The van der Waals surface area contributed by atoms with Gasteiger partial charge in [-0.3, -0.25) is 14.8 Å². The molecule has 0 saturated carbocycles. The molecule has 1 saturated heterocycles. The summed E-state index contributed by atoms with van der Waals surface area (Å²) < 4.78 is 5.41. The van der Waals surface area contributed by atoms with E-state index in [-0.39, 0.29) is 11.8 Å². The third-order valence-corrected chi connectivity index (χ3v) is 5.16.